The molecule has 0 radical (unpaired) electrons. The number of halogens is 1. The van der Waals surface area contributed by atoms with Crippen molar-refractivity contribution in [1.82, 2.24) is 4.67 Å². The van der Waals surface area contributed by atoms with Crippen molar-refractivity contribution in [1.29, 1.82) is 0 Å². The lowest BCUT2D eigenvalue weighted by molar-refractivity contribution is 0.00785. The second-order valence-corrected chi connectivity index (χ2v) is 7.67. The Kier molecular flexibility index (Phi) is 3.21. The fourth-order valence-corrected chi connectivity index (χ4v) is 6.37. The molecular formula is C12H21ClNOP. The van der Waals surface area contributed by atoms with Crippen LogP contribution in [0.5, 0.6) is 0 Å². The lowest BCUT2D eigenvalue weighted by Gasteiger charge is -2.39. The van der Waals surface area contributed by atoms with E-state index in [1.165, 1.54) is 44.9 Å². The van der Waals surface area contributed by atoms with Crippen LogP contribution < -0.4 is 0 Å². The van der Waals surface area contributed by atoms with E-state index in [0.29, 0.717) is 6.04 Å². The molecule has 0 aromatic heterocycles. The number of rotatable bonds is 1. The minimum Gasteiger partial charge on any atom is -0.323 e. The first-order chi connectivity index (χ1) is 7.72. The van der Waals surface area contributed by atoms with Crippen LogP contribution in [0.15, 0.2) is 0 Å². The van der Waals surface area contributed by atoms with E-state index in [1.54, 1.807) is 0 Å². The highest BCUT2D eigenvalue weighted by molar-refractivity contribution is 7.78. The molecule has 1 unspecified atom stereocenters. The number of fused-ring (bicyclic) bond motifs is 1. The van der Waals surface area contributed by atoms with Gasteiger partial charge in [0, 0.05) is 12.6 Å². The molecule has 2 heterocycles. The molecule has 0 aromatic carbocycles. The molecule has 0 spiro atoms. The Morgan fingerprint density at radius 3 is 2.69 bits per heavy atom. The van der Waals surface area contributed by atoms with Gasteiger partial charge in [-0.2, -0.15) is 0 Å². The largest absolute Gasteiger partial charge is 0.323 e. The molecule has 0 bridgehead atoms. The first kappa shape index (κ1) is 11.7. The minimum atomic E-state index is -0.813. The van der Waals surface area contributed by atoms with Gasteiger partial charge in [0.05, 0.1) is 5.60 Å². The van der Waals surface area contributed by atoms with Crippen LogP contribution in [0.4, 0.5) is 0 Å². The van der Waals surface area contributed by atoms with Crippen LogP contribution >= 0.6 is 18.9 Å². The maximum atomic E-state index is 6.39. The Bertz CT molecular complexity index is 272. The molecule has 4 heteroatoms. The number of nitrogens with zero attached hydrogens (tertiary/aromatic N) is 1. The average molecular weight is 262 g/mol. The fraction of sp³-hybridized carbons (Fsp3) is 1.00. The summed E-state index contributed by atoms with van der Waals surface area (Å²) in [7, 11) is -0.813. The number of hydrogen-bond donors (Lipinski definition) is 0. The van der Waals surface area contributed by atoms with Crippen molar-refractivity contribution in [3.8, 4) is 0 Å². The molecule has 0 N–H and O–H groups in total. The highest BCUT2D eigenvalue weighted by Crippen LogP contribution is 2.64. The summed E-state index contributed by atoms with van der Waals surface area (Å²) in [6, 6.07) is 0.610. The molecule has 1 aliphatic carbocycles. The Balaban J connectivity index is 1.80. The van der Waals surface area contributed by atoms with E-state index in [9.17, 15) is 0 Å². The smallest absolute Gasteiger partial charge is 0.207 e. The van der Waals surface area contributed by atoms with Crippen LogP contribution in [0.2, 0.25) is 0 Å². The molecule has 92 valence electrons. The van der Waals surface area contributed by atoms with Gasteiger partial charge in [0.1, 0.15) is 0 Å². The van der Waals surface area contributed by atoms with E-state index in [1.807, 2.05) is 0 Å². The second-order valence-electron chi connectivity index (χ2n) is 5.66. The van der Waals surface area contributed by atoms with Crippen molar-refractivity contribution >= 4 is 18.9 Å². The molecule has 2 saturated heterocycles. The molecule has 2 aliphatic heterocycles. The van der Waals surface area contributed by atoms with Crippen LogP contribution in [-0.2, 0) is 4.52 Å². The summed E-state index contributed by atoms with van der Waals surface area (Å²) < 4.78 is 8.65. The summed E-state index contributed by atoms with van der Waals surface area (Å²) in [5.74, 6) is 0.748. The summed E-state index contributed by atoms with van der Waals surface area (Å²) in [5, 5.41) is 0. The lowest BCUT2D eigenvalue weighted by Crippen LogP contribution is -2.46. The van der Waals surface area contributed by atoms with Crippen molar-refractivity contribution in [2.45, 2.75) is 63.5 Å². The molecule has 3 atom stereocenters. The van der Waals surface area contributed by atoms with E-state index in [0.717, 1.165) is 12.5 Å². The van der Waals surface area contributed by atoms with Crippen molar-refractivity contribution in [2.75, 3.05) is 6.54 Å². The third kappa shape index (κ3) is 1.73. The monoisotopic (exact) mass is 261 g/mol. The van der Waals surface area contributed by atoms with Crippen LogP contribution in [0.3, 0.4) is 0 Å². The maximum absolute atomic E-state index is 6.39. The van der Waals surface area contributed by atoms with Crippen LogP contribution in [0.1, 0.15) is 51.9 Å². The SMILES string of the molecule is C[C@@]1(C2CCCCC2)OP(Cl)N2CCC[C@@H]21. The fourth-order valence-electron chi connectivity index (χ4n) is 3.82. The van der Waals surface area contributed by atoms with Gasteiger partial charge in [-0.15, -0.1) is 0 Å². The van der Waals surface area contributed by atoms with Gasteiger partial charge in [0.15, 0.2) is 0 Å². The first-order valence-corrected chi connectivity index (χ1v) is 8.75. The first-order valence-electron chi connectivity index (χ1n) is 6.63. The molecule has 2 nitrogen and oxygen atoms in total. The second kappa shape index (κ2) is 4.39. The Hall–Kier alpha value is 0.640. The van der Waals surface area contributed by atoms with Gasteiger partial charge in [-0.05, 0) is 49.8 Å². The molecule has 1 saturated carbocycles. The molecular weight excluding hydrogens is 241 g/mol. The molecule has 3 fully saturated rings. The van der Waals surface area contributed by atoms with Gasteiger partial charge < -0.3 is 4.52 Å². The van der Waals surface area contributed by atoms with E-state index >= 15 is 0 Å². The normalized spacial score (nSPS) is 46.1. The zero-order valence-corrected chi connectivity index (χ0v) is 11.6. The van der Waals surface area contributed by atoms with Crippen LogP contribution in [0, 0.1) is 5.92 Å². The van der Waals surface area contributed by atoms with Crippen molar-refractivity contribution < 1.29 is 4.52 Å². The lowest BCUT2D eigenvalue weighted by atomic mass is 9.74. The van der Waals surface area contributed by atoms with E-state index in [-0.39, 0.29) is 5.60 Å². The highest BCUT2D eigenvalue weighted by atomic mass is 35.7. The van der Waals surface area contributed by atoms with Gasteiger partial charge in [-0.25, -0.2) is 4.67 Å². The van der Waals surface area contributed by atoms with Gasteiger partial charge in [-0.1, -0.05) is 19.3 Å². The molecule has 0 amide bonds. The predicted octanol–water partition coefficient (Wildman–Crippen LogP) is 4.29. The summed E-state index contributed by atoms with van der Waals surface area (Å²) in [6.45, 7) is 3.48. The van der Waals surface area contributed by atoms with E-state index in [4.69, 9.17) is 15.8 Å². The third-order valence-corrected chi connectivity index (χ3v) is 6.99. The van der Waals surface area contributed by atoms with Gasteiger partial charge in [0.25, 0.3) is 0 Å². The molecule has 0 aromatic rings. The van der Waals surface area contributed by atoms with E-state index < -0.39 is 7.65 Å². The topological polar surface area (TPSA) is 12.5 Å². The zero-order chi connectivity index (χ0) is 11.2. The zero-order valence-electron chi connectivity index (χ0n) is 9.99. The summed E-state index contributed by atoms with van der Waals surface area (Å²) in [6.07, 6.45) is 9.48. The van der Waals surface area contributed by atoms with Gasteiger partial charge in [-0.3, -0.25) is 0 Å². The standard InChI is InChI=1S/C12H21ClNOP/c1-12(10-6-3-2-4-7-10)11-8-5-9-14(11)16(13)15-12/h10-11H,2-9H2,1H3/t11-,12+,16?/m1/s1. The highest BCUT2D eigenvalue weighted by Gasteiger charge is 2.55. The Morgan fingerprint density at radius 1 is 1.19 bits per heavy atom. The van der Waals surface area contributed by atoms with Crippen molar-refractivity contribution in [3.05, 3.63) is 0 Å². The summed E-state index contributed by atoms with van der Waals surface area (Å²) in [4.78, 5) is 0. The third-order valence-electron chi connectivity index (χ3n) is 4.78. The van der Waals surface area contributed by atoms with Crippen LogP contribution in [0.25, 0.3) is 0 Å². The van der Waals surface area contributed by atoms with Crippen molar-refractivity contribution in [2.24, 2.45) is 5.92 Å². The van der Waals surface area contributed by atoms with E-state index in [2.05, 4.69) is 11.6 Å². The molecule has 3 rings (SSSR count). The quantitative estimate of drug-likeness (QED) is 0.653. The minimum absolute atomic E-state index is 0.0599. The summed E-state index contributed by atoms with van der Waals surface area (Å²) in [5.41, 5.74) is 0.0599. The predicted molar refractivity (Wildman–Crippen MR) is 68.6 cm³/mol. The Morgan fingerprint density at radius 2 is 1.94 bits per heavy atom. The van der Waals surface area contributed by atoms with Gasteiger partial charge >= 0.3 is 0 Å². The number of hydrogen-bond acceptors (Lipinski definition) is 2. The van der Waals surface area contributed by atoms with Gasteiger partial charge in [0.2, 0.25) is 7.65 Å². The molecule has 3 aliphatic rings. The Labute approximate surface area is 104 Å². The maximum Gasteiger partial charge on any atom is 0.207 e. The molecule has 16 heavy (non-hydrogen) atoms. The summed E-state index contributed by atoms with van der Waals surface area (Å²) >= 11 is 6.39. The van der Waals surface area contributed by atoms with Crippen molar-refractivity contribution in [3.63, 3.8) is 0 Å². The average Bonchev–Trinajstić information content (AvgIpc) is 2.86. The van der Waals surface area contributed by atoms with Crippen LogP contribution in [-0.4, -0.2) is 22.9 Å².